The third-order valence-electron chi connectivity index (χ3n) is 4.55. The summed E-state index contributed by atoms with van der Waals surface area (Å²) >= 11 is 6.56. The summed E-state index contributed by atoms with van der Waals surface area (Å²) in [5.41, 5.74) is 0.830. The fraction of sp³-hybridized carbons (Fsp3) is 0.250. The molecule has 0 radical (unpaired) electrons. The van der Waals surface area contributed by atoms with Crippen LogP contribution in [0.1, 0.15) is 12.0 Å². The molecule has 1 fully saturated rings. The number of nitrogens with zero attached hydrogens (tertiary/aromatic N) is 1. The largest absolute Gasteiger partial charge is 0.497 e. The topological polar surface area (TPSA) is 57.2 Å². The molecule has 1 amide bonds. The van der Waals surface area contributed by atoms with E-state index in [0.29, 0.717) is 46.9 Å². The zero-order valence-corrected chi connectivity index (χ0v) is 19.7. The van der Waals surface area contributed by atoms with Crippen LogP contribution in [0.5, 0.6) is 23.0 Å². The lowest BCUT2D eigenvalue weighted by Crippen LogP contribution is -2.27. The van der Waals surface area contributed by atoms with Crippen molar-refractivity contribution in [2.45, 2.75) is 6.42 Å². The van der Waals surface area contributed by atoms with E-state index < -0.39 is 0 Å². The summed E-state index contributed by atoms with van der Waals surface area (Å²) in [5.74, 6) is 2.69. The minimum absolute atomic E-state index is 0.115. The van der Waals surface area contributed by atoms with Gasteiger partial charge in [0.05, 0.1) is 32.3 Å². The molecule has 1 heterocycles. The van der Waals surface area contributed by atoms with Crippen LogP contribution in [-0.2, 0) is 4.79 Å². The number of rotatable bonds is 11. The number of hydrogen-bond acceptors (Lipinski definition) is 7. The second-order valence-corrected chi connectivity index (χ2v) is 8.39. The number of thiocarbonyl (C=S) groups is 1. The van der Waals surface area contributed by atoms with Crippen LogP contribution in [0.25, 0.3) is 6.08 Å². The van der Waals surface area contributed by atoms with Gasteiger partial charge in [-0.25, -0.2) is 0 Å². The maximum Gasteiger partial charge on any atom is 0.266 e. The van der Waals surface area contributed by atoms with E-state index in [4.69, 9.17) is 31.2 Å². The molecule has 0 aromatic heterocycles. The van der Waals surface area contributed by atoms with Crippen molar-refractivity contribution in [1.82, 2.24) is 4.90 Å². The lowest BCUT2D eigenvalue weighted by molar-refractivity contribution is -0.121. The summed E-state index contributed by atoms with van der Waals surface area (Å²) in [7, 11) is 3.22. The molecule has 168 valence electrons. The van der Waals surface area contributed by atoms with Gasteiger partial charge in [-0.3, -0.25) is 9.69 Å². The Morgan fingerprint density at radius 3 is 2.41 bits per heavy atom. The van der Waals surface area contributed by atoms with Gasteiger partial charge in [-0.2, -0.15) is 0 Å². The van der Waals surface area contributed by atoms with Crippen molar-refractivity contribution in [2.75, 3.05) is 34.0 Å². The molecule has 0 unspecified atom stereocenters. The van der Waals surface area contributed by atoms with Crippen LogP contribution in [0.4, 0.5) is 0 Å². The predicted molar refractivity (Wildman–Crippen MR) is 132 cm³/mol. The number of methoxy groups -OCH3 is 2. The third-order valence-corrected chi connectivity index (χ3v) is 5.92. The van der Waals surface area contributed by atoms with Crippen molar-refractivity contribution in [3.63, 3.8) is 0 Å². The van der Waals surface area contributed by atoms with Gasteiger partial charge < -0.3 is 18.9 Å². The van der Waals surface area contributed by atoms with Gasteiger partial charge in [0.1, 0.15) is 15.8 Å². The van der Waals surface area contributed by atoms with Crippen molar-refractivity contribution in [2.24, 2.45) is 0 Å². The minimum Gasteiger partial charge on any atom is -0.497 e. The molecule has 3 rings (SSSR count). The fourth-order valence-corrected chi connectivity index (χ4v) is 4.21. The molecule has 0 atom stereocenters. The highest BCUT2D eigenvalue weighted by molar-refractivity contribution is 8.26. The van der Waals surface area contributed by atoms with Crippen LogP contribution in [0.3, 0.4) is 0 Å². The maximum atomic E-state index is 12.5. The third kappa shape index (κ3) is 6.05. The Morgan fingerprint density at radius 1 is 1.00 bits per heavy atom. The standard InChI is InChI=1S/C24H25NO5S2/c1-4-12-25-23(26)22(32-24(25)31)16-17-6-11-20(21(15-17)28-3)30-14-5-13-29-19-9-7-18(27-2)8-10-19/h4,6-11,15-16H,1,5,12-14H2,2-3H3. The second-order valence-electron chi connectivity index (χ2n) is 6.72. The van der Waals surface area contributed by atoms with Gasteiger partial charge in [0.15, 0.2) is 11.5 Å². The van der Waals surface area contributed by atoms with Gasteiger partial charge in [0.2, 0.25) is 0 Å². The summed E-state index contributed by atoms with van der Waals surface area (Å²) in [6, 6.07) is 13.0. The molecule has 0 spiro atoms. The molecule has 1 aliphatic heterocycles. The first-order valence-corrected chi connectivity index (χ1v) is 11.2. The molecule has 6 nitrogen and oxygen atoms in total. The Morgan fingerprint density at radius 2 is 1.72 bits per heavy atom. The molecule has 1 aliphatic rings. The van der Waals surface area contributed by atoms with E-state index in [2.05, 4.69) is 6.58 Å². The van der Waals surface area contributed by atoms with Crippen LogP contribution in [0, 0.1) is 0 Å². The highest BCUT2D eigenvalue weighted by atomic mass is 32.2. The molecule has 8 heteroatoms. The predicted octanol–water partition coefficient (Wildman–Crippen LogP) is 4.94. The quantitative estimate of drug-likeness (QED) is 0.199. The zero-order chi connectivity index (χ0) is 22.9. The minimum atomic E-state index is -0.115. The number of carbonyl (C=O) groups is 1. The Hall–Kier alpha value is -2.97. The van der Waals surface area contributed by atoms with Gasteiger partial charge in [-0.05, 0) is 48.0 Å². The Balaban J connectivity index is 1.54. The van der Waals surface area contributed by atoms with Crippen LogP contribution < -0.4 is 18.9 Å². The van der Waals surface area contributed by atoms with Crippen molar-refractivity contribution in [1.29, 1.82) is 0 Å². The van der Waals surface area contributed by atoms with Crippen LogP contribution in [0.2, 0.25) is 0 Å². The molecular weight excluding hydrogens is 446 g/mol. The summed E-state index contributed by atoms with van der Waals surface area (Å²) in [6.45, 7) is 5.08. The molecule has 1 saturated heterocycles. The first-order valence-electron chi connectivity index (χ1n) is 9.99. The highest BCUT2D eigenvalue weighted by Crippen LogP contribution is 2.34. The maximum absolute atomic E-state index is 12.5. The van der Waals surface area contributed by atoms with Crippen molar-refractivity contribution < 1.29 is 23.7 Å². The number of thioether (sulfide) groups is 1. The average molecular weight is 472 g/mol. The Kier molecular flexibility index (Phi) is 8.58. The van der Waals surface area contributed by atoms with E-state index in [-0.39, 0.29) is 5.91 Å². The van der Waals surface area contributed by atoms with Gasteiger partial charge >= 0.3 is 0 Å². The molecule has 0 aliphatic carbocycles. The lowest BCUT2D eigenvalue weighted by Gasteiger charge is -2.12. The van der Waals surface area contributed by atoms with Crippen molar-refractivity contribution >= 4 is 40.3 Å². The first kappa shape index (κ1) is 23.7. The molecule has 0 bridgehead atoms. The monoisotopic (exact) mass is 471 g/mol. The number of hydrogen-bond donors (Lipinski definition) is 0. The average Bonchev–Trinajstić information content (AvgIpc) is 3.07. The van der Waals surface area contributed by atoms with Crippen LogP contribution in [-0.4, -0.2) is 49.1 Å². The summed E-state index contributed by atoms with van der Waals surface area (Å²) in [6.07, 6.45) is 4.17. The smallest absolute Gasteiger partial charge is 0.266 e. The zero-order valence-electron chi connectivity index (χ0n) is 18.0. The Labute approximate surface area is 197 Å². The molecular formula is C24H25NO5S2. The number of amides is 1. The molecule has 2 aromatic rings. The number of ether oxygens (including phenoxy) is 4. The normalized spacial score (nSPS) is 14.6. The highest BCUT2D eigenvalue weighted by Gasteiger charge is 2.30. The van der Waals surface area contributed by atoms with E-state index in [1.807, 2.05) is 42.5 Å². The van der Waals surface area contributed by atoms with E-state index in [1.165, 1.54) is 16.7 Å². The summed E-state index contributed by atoms with van der Waals surface area (Å²) in [5, 5.41) is 0. The molecule has 2 aromatic carbocycles. The van der Waals surface area contributed by atoms with E-state index in [0.717, 1.165) is 17.1 Å². The van der Waals surface area contributed by atoms with E-state index >= 15 is 0 Å². The van der Waals surface area contributed by atoms with E-state index in [1.54, 1.807) is 26.4 Å². The lowest BCUT2D eigenvalue weighted by atomic mass is 10.2. The van der Waals surface area contributed by atoms with Crippen molar-refractivity contribution in [3.05, 3.63) is 65.6 Å². The van der Waals surface area contributed by atoms with Gasteiger partial charge in [0.25, 0.3) is 5.91 Å². The van der Waals surface area contributed by atoms with Gasteiger partial charge in [0, 0.05) is 13.0 Å². The fourth-order valence-electron chi connectivity index (χ4n) is 2.93. The van der Waals surface area contributed by atoms with Crippen molar-refractivity contribution in [3.8, 4) is 23.0 Å². The van der Waals surface area contributed by atoms with Gasteiger partial charge in [-0.1, -0.05) is 36.1 Å². The molecule has 32 heavy (non-hydrogen) atoms. The second kappa shape index (κ2) is 11.6. The summed E-state index contributed by atoms with van der Waals surface area (Å²) in [4.78, 5) is 14.6. The number of carbonyl (C=O) groups excluding carboxylic acids is 1. The van der Waals surface area contributed by atoms with Crippen LogP contribution in [0.15, 0.2) is 60.0 Å². The first-order chi connectivity index (χ1) is 15.5. The number of benzene rings is 2. The Bertz CT molecular complexity index is 1000. The molecule has 0 N–H and O–H groups in total. The van der Waals surface area contributed by atoms with Gasteiger partial charge in [-0.15, -0.1) is 6.58 Å². The van der Waals surface area contributed by atoms with Crippen LogP contribution >= 0.6 is 24.0 Å². The SMILES string of the molecule is C=CCN1C(=O)C(=Cc2ccc(OCCCOc3ccc(OC)cc3)c(OC)c2)SC1=S. The molecule has 0 saturated carbocycles. The summed E-state index contributed by atoms with van der Waals surface area (Å²) < 4.78 is 22.7. The van der Waals surface area contributed by atoms with E-state index in [9.17, 15) is 4.79 Å².